The van der Waals surface area contributed by atoms with Crippen molar-refractivity contribution in [3.63, 3.8) is 0 Å². The van der Waals surface area contributed by atoms with Crippen LogP contribution in [0.2, 0.25) is 0 Å². The van der Waals surface area contributed by atoms with E-state index in [2.05, 4.69) is 0 Å². The number of imide groups is 2. The molecule has 1 heterocycles. The lowest BCUT2D eigenvalue weighted by Crippen LogP contribution is -2.30. The van der Waals surface area contributed by atoms with Gasteiger partial charge in [0.2, 0.25) is 6.41 Å². The van der Waals surface area contributed by atoms with E-state index in [4.69, 9.17) is 9.47 Å². The van der Waals surface area contributed by atoms with Crippen molar-refractivity contribution in [2.45, 2.75) is 84.0 Å². The van der Waals surface area contributed by atoms with Gasteiger partial charge in [-0.3, -0.25) is 38.6 Å². The molecule has 4 amide bonds. The first-order valence-corrected chi connectivity index (χ1v) is 14.1. The third-order valence-electron chi connectivity index (χ3n) is 7.09. The molecule has 2 aliphatic rings. The lowest BCUT2D eigenvalue weighted by Gasteiger charge is -2.27. The number of hydrogen-bond acceptors (Lipinski definition) is 8. The van der Waals surface area contributed by atoms with Gasteiger partial charge in [0, 0.05) is 38.1 Å². The van der Waals surface area contributed by atoms with E-state index in [-0.39, 0.29) is 29.7 Å². The van der Waals surface area contributed by atoms with Gasteiger partial charge in [-0.15, -0.1) is 0 Å². The molecule has 0 aromatic rings. The molecule has 2 rings (SSSR count). The average Bonchev–Trinajstić information content (AvgIpc) is 3.25. The summed E-state index contributed by atoms with van der Waals surface area (Å²) in [6.45, 7) is 3.25. The van der Waals surface area contributed by atoms with Crippen LogP contribution in [0.4, 0.5) is 0 Å². The maximum Gasteiger partial charge on any atom is 0.305 e. The number of esters is 2. The molecule has 216 valence electrons. The van der Waals surface area contributed by atoms with E-state index in [0.29, 0.717) is 83.1 Å². The average molecular weight is 547 g/mol. The highest BCUT2D eigenvalue weighted by Crippen LogP contribution is 2.29. The number of ether oxygens (including phenoxy) is 2. The Kier molecular flexibility index (Phi) is 14.8. The minimum Gasteiger partial charge on any atom is -0.465 e. The molecule has 0 radical (unpaired) electrons. The maximum atomic E-state index is 12.1. The van der Waals surface area contributed by atoms with Crippen LogP contribution in [0.5, 0.6) is 0 Å². The van der Waals surface area contributed by atoms with Crippen LogP contribution in [-0.4, -0.2) is 72.2 Å². The Morgan fingerprint density at radius 2 is 1.36 bits per heavy atom. The minimum atomic E-state index is -0.336. The summed E-state index contributed by atoms with van der Waals surface area (Å²) in [6, 6.07) is 0. The SMILES string of the molecule is C/C=C\C(=O)N(C=O)CCCCCC(=O)OCC1CCC(COC(=O)CCCCCN2C(=O)C=CC2=O)CC1. The van der Waals surface area contributed by atoms with Gasteiger partial charge in [-0.2, -0.15) is 0 Å². The fraction of sp³-hybridized carbons (Fsp3) is 0.655. The van der Waals surface area contributed by atoms with Gasteiger partial charge >= 0.3 is 11.9 Å². The Morgan fingerprint density at radius 1 is 0.846 bits per heavy atom. The topological polar surface area (TPSA) is 127 Å². The summed E-state index contributed by atoms with van der Waals surface area (Å²) in [7, 11) is 0. The van der Waals surface area contributed by atoms with Crippen molar-refractivity contribution in [1.82, 2.24) is 9.80 Å². The largest absolute Gasteiger partial charge is 0.465 e. The van der Waals surface area contributed by atoms with Crippen LogP contribution in [0.1, 0.15) is 84.0 Å². The molecule has 0 aromatic carbocycles. The van der Waals surface area contributed by atoms with Gasteiger partial charge in [-0.05, 0) is 76.2 Å². The third-order valence-corrected chi connectivity index (χ3v) is 7.09. The zero-order valence-electron chi connectivity index (χ0n) is 23.0. The number of hydrogen-bond donors (Lipinski definition) is 0. The van der Waals surface area contributed by atoms with Crippen molar-refractivity contribution in [2.75, 3.05) is 26.3 Å². The Hall–Kier alpha value is -3.30. The Labute approximate surface area is 230 Å². The number of amides is 4. The second-order valence-corrected chi connectivity index (χ2v) is 10.2. The van der Waals surface area contributed by atoms with Crippen molar-refractivity contribution in [2.24, 2.45) is 11.8 Å². The Bertz CT molecular complexity index is 887. The summed E-state index contributed by atoms with van der Waals surface area (Å²) in [5, 5.41) is 0. The number of carbonyl (C=O) groups excluding carboxylic acids is 6. The normalized spacial score (nSPS) is 18.9. The number of nitrogens with zero attached hydrogens (tertiary/aromatic N) is 2. The fourth-order valence-corrected chi connectivity index (χ4v) is 4.68. The lowest BCUT2D eigenvalue weighted by atomic mass is 9.83. The molecule has 0 spiro atoms. The van der Waals surface area contributed by atoms with Gasteiger partial charge in [0.1, 0.15) is 0 Å². The molecule has 0 bridgehead atoms. The smallest absolute Gasteiger partial charge is 0.305 e. The van der Waals surface area contributed by atoms with Crippen LogP contribution >= 0.6 is 0 Å². The molecular weight excluding hydrogens is 504 g/mol. The van der Waals surface area contributed by atoms with E-state index in [1.165, 1.54) is 23.1 Å². The zero-order chi connectivity index (χ0) is 28.5. The molecule has 0 saturated heterocycles. The molecule has 1 fully saturated rings. The first-order chi connectivity index (χ1) is 18.8. The van der Waals surface area contributed by atoms with Gasteiger partial charge < -0.3 is 9.47 Å². The van der Waals surface area contributed by atoms with Crippen molar-refractivity contribution < 1.29 is 38.2 Å². The Balaban J connectivity index is 1.45. The molecule has 10 heteroatoms. The molecule has 1 aliphatic carbocycles. The molecule has 0 atom stereocenters. The standard InChI is InChI=1S/C29H42N2O8/c1-2-9-25(33)30(22-32)18-7-3-5-10-28(36)38-20-23-12-14-24(15-13-23)21-39-29(37)11-6-4-8-19-31-26(34)16-17-27(31)35/h2,9,16-17,22-24H,3-8,10-15,18-21H2,1H3/b9-2-. The van der Waals surface area contributed by atoms with E-state index < -0.39 is 0 Å². The third kappa shape index (κ3) is 12.4. The molecule has 0 aromatic heterocycles. The summed E-state index contributed by atoms with van der Waals surface area (Å²) < 4.78 is 10.9. The summed E-state index contributed by atoms with van der Waals surface area (Å²) in [4.78, 5) is 72.1. The highest BCUT2D eigenvalue weighted by atomic mass is 16.5. The van der Waals surface area contributed by atoms with E-state index in [9.17, 15) is 28.8 Å². The summed E-state index contributed by atoms with van der Waals surface area (Å²) in [5.74, 6) is -0.686. The molecule has 0 unspecified atom stereocenters. The van der Waals surface area contributed by atoms with Gasteiger partial charge in [0.15, 0.2) is 0 Å². The van der Waals surface area contributed by atoms with Crippen molar-refractivity contribution in [3.8, 4) is 0 Å². The van der Waals surface area contributed by atoms with Gasteiger partial charge in [-0.25, -0.2) is 0 Å². The second kappa shape index (κ2) is 18.1. The molecular formula is C29H42N2O8. The first-order valence-electron chi connectivity index (χ1n) is 14.1. The highest BCUT2D eigenvalue weighted by molar-refractivity contribution is 6.12. The van der Waals surface area contributed by atoms with Crippen LogP contribution in [0, 0.1) is 11.8 Å². The quantitative estimate of drug-likeness (QED) is 0.0841. The number of carbonyl (C=O) groups is 6. The van der Waals surface area contributed by atoms with Crippen molar-refractivity contribution in [1.29, 1.82) is 0 Å². The number of allylic oxidation sites excluding steroid dienone is 1. The molecule has 1 aliphatic heterocycles. The lowest BCUT2D eigenvalue weighted by molar-refractivity contribution is -0.147. The van der Waals surface area contributed by atoms with Gasteiger partial charge in [0.05, 0.1) is 13.2 Å². The maximum absolute atomic E-state index is 12.1. The van der Waals surface area contributed by atoms with E-state index in [1.54, 1.807) is 13.0 Å². The highest BCUT2D eigenvalue weighted by Gasteiger charge is 2.24. The van der Waals surface area contributed by atoms with Crippen LogP contribution in [-0.2, 0) is 38.2 Å². The zero-order valence-corrected chi connectivity index (χ0v) is 23.0. The molecule has 39 heavy (non-hydrogen) atoms. The predicted octanol–water partition coefficient (Wildman–Crippen LogP) is 3.49. The fourth-order valence-electron chi connectivity index (χ4n) is 4.68. The van der Waals surface area contributed by atoms with Crippen LogP contribution < -0.4 is 0 Å². The monoisotopic (exact) mass is 546 g/mol. The summed E-state index contributed by atoms with van der Waals surface area (Å²) in [5.41, 5.74) is 0. The Morgan fingerprint density at radius 3 is 1.85 bits per heavy atom. The van der Waals surface area contributed by atoms with Gasteiger partial charge in [0.25, 0.3) is 17.7 Å². The van der Waals surface area contributed by atoms with Crippen LogP contribution in [0.15, 0.2) is 24.3 Å². The van der Waals surface area contributed by atoms with E-state index >= 15 is 0 Å². The summed E-state index contributed by atoms with van der Waals surface area (Å²) in [6.07, 6.45) is 14.5. The molecule has 10 nitrogen and oxygen atoms in total. The number of rotatable bonds is 18. The van der Waals surface area contributed by atoms with E-state index in [1.807, 2.05) is 0 Å². The molecule has 1 saturated carbocycles. The van der Waals surface area contributed by atoms with E-state index in [0.717, 1.165) is 43.4 Å². The predicted molar refractivity (Wildman–Crippen MR) is 143 cm³/mol. The van der Waals surface area contributed by atoms with Crippen LogP contribution in [0.25, 0.3) is 0 Å². The van der Waals surface area contributed by atoms with Crippen LogP contribution in [0.3, 0.4) is 0 Å². The van der Waals surface area contributed by atoms with Crippen molar-refractivity contribution in [3.05, 3.63) is 24.3 Å². The van der Waals surface area contributed by atoms with Crippen molar-refractivity contribution >= 4 is 36.1 Å². The number of unbranched alkanes of at least 4 members (excludes halogenated alkanes) is 4. The van der Waals surface area contributed by atoms with Gasteiger partial charge in [-0.1, -0.05) is 18.9 Å². The first kappa shape index (κ1) is 31.9. The second-order valence-electron chi connectivity index (χ2n) is 10.2. The molecule has 0 N–H and O–H groups in total. The minimum absolute atomic E-state index is 0.218. The summed E-state index contributed by atoms with van der Waals surface area (Å²) >= 11 is 0.